The Morgan fingerprint density at radius 3 is 1.38 bits per heavy atom. The first-order valence-electron chi connectivity index (χ1n) is 14.0. The minimum atomic E-state index is -1.64. The van der Waals surface area contributed by atoms with Crippen LogP contribution in [0.5, 0.6) is 0 Å². The summed E-state index contributed by atoms with van der Waals surface area (Å²) in [5.41, 5.74) is -7.07. The number of hydrogen-bond acceptors (Lipinski definition) is 8. The Morgan fingerprint density at radius 1 is 0.619 bits per heavy atom. The molecule has 2 unspecified atom stereocenters. The molecule has 2 rings (SSSR count). The van der Waals surface area contributed by atoms with Crippen molar-refractivity contribution in [2.45, 2.75) is 111 Å². The Bertz CT molecular complexity index is 1660. The minimum absolute atomic E-state index is 0.193. The molecule has 2 heterocycles. The van der Waals surface area contributed by atoms with Gasteiger partial charge in [-0.1, -0.05) is 46.3 Å². The molecule has 0 bridgehead atoms. The Balaban J connectivity index is 2.65. The lowest BCUT2D eigenvalue weighted by Crippen LogP contribution is -2.60. The van der Waals surface area contributed by atoms with Crippen LogP contribution >= 0.6 is 0 Å². The second-order valence-corrected chi connectivity index (χ2v) is 11.9. The maximum atomic E-state index is 13.3. The quantitative estimate of drug-likeness (QED) is 0.259. The predicted octanol–water partition coefficient (Wildman–Crippen LogP) is -0.578. The molecule has 2 atom stereocenters. The number of aliphatic hydroxyl groups excluding tert-OH is 2. The van der Waals surface area contributed by atoms with Crippen molar-refractivity contribution in [2.75, 3.05) is 0 Å². The molecular weight excluding hydrogens is 548 g/mol. The first-order chi connectivity index (χ1) is 19.5. The van der Waals surface area contributed by atoms with Crippen LogP contribution in [0.1, 0.15) is 60.8 Å². The number of hydrogen-bond donors (Lipinski definition) is 2. The summed E-state index contributed by atoms with van der Waals surface area (Å²) in [6, 6.07) is 0. The van der Waals surface area contributed by atoms with Gasteiger partial charge in [0.15, 0.2) is 0 Å². The first-order valence-corrected chi connectivity index (χ1v) is 14.0. The van der Waals surface area contributed by atoms with E-state index in [1.807, 2.05) is 20.8 Å². The molecule has 14 nitrogen and oxygen atoms in total. The van der Waals surface area contributed by atoms with Crippen molar-refractivity contribution >= 4 is 0 Å². The van der Waals surface area contributed by atoms with Crippen molar-refractivity contribution in [2.24, 2.45) is 5.41 Å². The average molecular weight is 593 g/mol. The van der Waals surface area contributed by atoms with E-state index in [1.165, 1.54) is 12.2 Å². The van der Waals surface area contributed by atoms with Gasteiger partial charge in [0, 0.05) is 5.54 Å². The van der Waals surface area contributed by atoms with Crippen LogP contribution in [-0.2, 0) is 38.3 Å². The molecule has 0 aliphatic heterocycles. The summed E-state index contributed by atoms with van der Waals surface area (Å²) in [6.45, 7) is 15.8. The highest BCUT2D eigenvalue weighted by atomic mass is 16.3. The maximum Gasteiger partial charge on any atom is 0.337 e. The zero-order valence-corrected chi connectivity index (χ0v) is 25.4. The fourth-order valence-corrected chi connectivity index (χ4v) is 4.57. The largest absolute Gasteiger partial charge is 0.391 e. The van der Waals surface area contributed by atoms with Crippen LogP contribution in [0.25, 0.3) is 0 Å². The minimum Gasteiger partial charge on any atom is -0.391 e. The van der Waals surface area contributed by atoms with Gasteiger partial charge in [0.1, 0.15) is 0 Å². The standard InChI is InChI=1S/C28H44N6O8/c1-9-13-29-21(37)31(16-19(35)15-27(5,6)11-3)24(40)32(22(29)38)17-20(36)18-33-23(39)30(14-10-2)25(41)34(26(33)42)28(7,8)12-4/h9-10,19-20,35-36H,1-2,11-18H2,3-8H3. The van der Waals surface area contributed by atoms with E-state index in [4.69, 9.17) is 0 Å². The Kier molecular flexibility index (Phi) is 11.0. The Hall–Kier alpha value is -3.78. The summed E-state index contributed by atoms with van der Waals surface area (Å²) in [4.78, 5) is 79.0. The van der Waals surface area contributed by atoms with Crippen LogP contribution in [0.3, 0.4) is 0 Å². The summed E-state index contributed by atoms with van der Waals surface area (Å²) in [6.07, 6.45) is 1.28. The summed E-state index contributed by atoms with van der Waals surface area (Å²) in [5, 5.41) is 21.6. The SMILES string of the molecule is C=CCn1c(=O)n(CC(O)Cn2c(=O)n(CC=C)c(=O)n(C(C)(C)CC)c2=O)c(=O)n(CC(O)CC(C)(C)CC)c1=O. The highest BCUT2D eigenvalue weighted by Gasteiger charge is 2.28. The molecule has 0 saturated heterocycles. The highest BCUT2D eigenvalue weighted by Crippen LogP contribution is 2.26. The molecule has 0 spiro atoms. The lowest BCUT2D eigenvalue weighted by atomic mass is 9.84. The third kappa shape index (κ3) is 7.16. The molecule has 2 aromatic heterocycles. The number of nitrogens with zero attached hydrogens (tertiary/aromatic N) is 6. The molecule has 0 radical (unpaired) electrons. The lowest BCUT2D eigenvalue weighted by Gasteiger charge is -2.27. The monoisotopic (exact) mass is 592 g/mol. The predicted molar refractivity (Wildman–Crippen MR) is 159 cm³/mol. The van der Waals surface area contributed by atoms with Crippen LogP contribution in [-0.4, -0.2) is 49.8 Å². The van der Waals surface area contributed by atoms with Gasteiger partial charge in [-0.05, 0) is 32.1 Å². The van der Waals surface area contributed by atoms with E-state index in [2.05, 4.69) is 13.2 Å². The first kappa shape index (κ1) is 34.4. The van der Waals surface area contributed by atoms with Crippen LogP contribution in [0.4, 0.5) is 0 Å². The second kappa shape index (κ2) is 13.5. The van der Waals surface area contributed by atoms with E-state index in [1.54, 1.807) is 20.8 Å². The van der Waals surface area contributed by atoms with Gasteiger partial charge in [-0.2, -0.15) is 0 Å². The fourth-order valence-electron chi connectivity index (χ4n) is 4.57. The Labute approximate surface area is 242 Å². The van der Waals surface area contributed by atoms with Crippen molar-refractivity contribution in [1.82, 2.24) is 27.4 Å². The molecule has 0 amide bonds. The molecule has 0 aliphatic carbocycles. The Morgan fingerprint density at radius 2 is 0.976 bits per heavy atom. The van der Waals surface area contributed by atoms with E-state index in [9.17, 15) is 39.0 Å². The van der Waals surface area contributed by atoms with Gasteiger partial charge in [0.2, 0.25) is 0 Å². The topological polar surface area (TPSA) is 172 Å². The number of aromatic nitrogens is 6. The third-order valence-corrected chi connectivity index (χ3v) is 7.71. The zero-order chi connectivity index (χ0) is 32.2. The van der Waals surface area contributed by atoms with Gasteiger partial charge in [-0.15, -0.1) is 13.2 Å². The normalized spacial score (nSPS) is 13.6. The molecule has 0 aromatic carbocycles. The molecule has 0 fully saturated rings. The number of allylic oxidation sites excluding steroid dienone is 2. The molecule has 2 aromatic rings. The van der Waals surface area contributed by atoms with Gasteiger partial charge >= 0.3 is 34.1 Å². The number of rotatable bonds is 15. The summed E-state index contributed by atoms with van der Waals surface area (Å²) < 4.78 is 4.49. The van der Waals surface area contributed by atoms with E-state index in [0.29, 0.717) is 15.6 Å². The lowest BCUT2D eigenvalue weighted by molar-refractivity contribution is 0.0904. The summed E-state index contributed by atoms with van der Waals surface area (Å²) >= 11 is 0. The fraction of sp³-hybridized carbons (Fsp3) is 0.643. The van der Waals surface area contributed by atoms with E-state index < -0.39 is 71.5 Å². The van der Waals surface area contributed by atoms with Crippen molar-refractivity contribution in [3.05, 3.63) is 88.2 Å². The van der Waals surface area contributed by atoms with Crippen LogP contribution in [0, 0.1) is 5.41 Å². The highest BCUT2D eigenvalue weighted by molar-refractivity contribution is 4.90. The zero-order valence-electron chi connectivity index (χ0n) is 25.4. The van der Waals surface area contributed by atoms with Crippen molar-refractivity contribution in [3.8, 4) is 0 Å². The van der Waals surface area contributed by atoms with Gasteiger partial charge in [-0.3, -0.25) is 0 Å². The van der Waals surface area contributed by atoms with Crippen molar-refractivity contribution in [3.63, 3.8) is 0 Å². The van der Waals surface area contributed by atoms with Crippen molar-refractivity contribution in [1.29, 1.82) is 0 Å². The van der Waals surface area contributed by atoms with Crippen LogP contribution < -0.4 is 34.1 Å². The molecule has 234 valence electrons. The van der Waals surface area contributed by atoms with Gasteiger partial charge in [0.05, 0.1) is 44.9 Å². The molecule has 0 aliphatic rings. The van der Waals surface area contributed by atoms with E-state index >= 15 is 0 Å². The van der Waals surface area contributed by atoms with Gasteiger partial charge < -0.3 is 10.2 Å². The van der Waals surface area contributed by atoms with Crippen LogP contribution in [0.2, 0.25) is 0 Å². The van der Waals surface area contributed by atoms with Gasteiger partial charge in [0.25, 0.3) is 0 Å². The molecule has 0 saturated carbocycles. The molecule has 14 heteroatoms. The molecular formula is C28H44N6O8. The maximum absolute atomic E-state index is 13.3. The second-order valence-electron chi connectivity index (χ2n) is 11.9. The molecule has 42 heavy (non-hydrogen) atoms. The van der Waals surface area contributed by atoms with E-state index in [-0.39, 0.29) is 24.9 Å². The number of aliphatic hydroxyl groups is 2. The smallest absolute Gasteiger partial charge is 0.337 e. The van der Waals surface area contributed by atoms with E-state index in [0.717, 1.165) is 24.7 Å². The summed E-state index contributed by atoms with van der Waals surface area (Å²) in [7, 11) is 0. The average Bonchev–Trinajstić information content (AvgIpc) is 2.91. The van der Waals surface area contributed by atoms with Crippen molar-refractivity contribution < 1.29 is 10.2 Å². The van der Waals surface area contributed by atoms with Crippen LogP contribution in [0.15, 0.2) is 54.1 Å². The van der Waals surface area contributed by atoms with Gasteiger partial charge in [-0.25, -0.2) is 56.2 Å². The molecule has 2 N–H and O–H groups in total. The third-order valence-electron chi connectivity index (χ3n) is 7.71. The summed E-state index contributed by atoms with van der Waals surface area (Å²) in [5.74, 6) is 0.